The SMILES string of the molecule is CCOC(=O)c1cnn(Cc2ccc(C)cc2)c1C1CC1. The zero-order valence-electron chi connectivity index (χ0n) is 12.5. The Balaban J connectivity index is 1.88. The summed E-state index contributed by atoms with van der Waals surface area (Å²) >= 11 is 0. The van der Waals surface area contributed by atoms with E-state index in [0.29, 0.717) is 24.6 Å². The predicted octanol–water partition coefficient (Wildman–Crippen LogP) is 3.29. The molecule has 110 valence electrons. The van der Waals surface area contributed by atoms with Crippen molar-refractivity contribution < 1.29 is 9.53 Å². The van der Waals surface area contributed by atoms with Crippen LogP contribution in [0.25, 0.3) is 0 Å². The van der Waals surface area contributed by atoms with Crippen LogP contribution in [0.3, 0.4) is 0 Å². The molecule has 0 aliphatic heterocycles. The lowest BCUT2D eigenvalue weighted by atomic mass is 10.1. The molecule has 0 radical (unpaired) electrons. The first-order valence-corrected chi connectivity index (χ1v) is 7.47. The number of hydrogen-bond acceptors (Lipinski definition) is 3. The molecule has 3 rings (SSSR count). The van der Waals surface area contributed by atoms with Gasteiger partial charge in [0, 0.05) is 5.92 Å². The monoisotopic (exact) mass is 284 g/mol. The first-order valence-electron chi connectivity index (χ1n) is 7.47. The summed E-state index contributed by atoms with van der Waals surface area (Å²) in [5, 5.41) is 4.41. The van der Waals surface area contributed by atoms with Gasteiger partial charge in [-0.15, -0.1) is 0 Å². The Labute approximate surface area is 124 Å². The molecule has 1 aromatic carbocycles. The fourth-order valence-corrected chi connectivity index (χ4v) is 2.54. The molecular weight excluding hydrogens is 264 g/mol. The average molecular weight is 284 g/mol. The molecule has 4 heteroatoms. The molecule has 0 spiro atoms. The highest BCUT2D eigenvalue weighted by atomic mass is 16.5. The van der Waals surface area contributed by atoms with Gasteiger partial charge in [0.2, 0.25) is 0 Å². The van der Waals surface area contributed by atoms with E-state index in [9.17, 15) is 4.79 Å². The van der Waals surface area contributed by atoms with Gasteiger partial charge in [-0.3, -0.25) is 4.68 Å². The molecule has 0 N–H and O–H groups in total. The van der Waals surface area contributed by atoms with Crippen molar-refractivity contribution in [3.05, 3.63) is 52.8 Å². The van der Waals surface area contributed by atoms with Crippen LogP contribution >= 0.6 is 0 Å². The van der Waals surface area contributed by atoms with E-state index in [0.717, 1.165) is 18.5 Å². The van der Waals surface area contributed by atoms with Gasteiger partial charge in [-0.05, 0) is 32.3 Å². The summed E-state index contributed by atoms with van der Waals surface area (Å²) in [6.45, 7) is 5.00. The number of carbonyl (C=O) groups excluding carboxylic acids is 1. The molecule has 21 heavy (non-hydrogen) atoms. The smallest absolute Gasteiger partial charge is 0.341 e. The van der Waals surface area contributed by atoms with Crippen molar-refractivity contribution in [3.63, 3.8) is 0 Å². The van der Waals surface area contributed by atoms with Crippen molar-refractivity contribution in [2.45, 2.75) is 39.2 Å². The Bertz CT molecular complexity index is 639. The van der Waals surface area contributed by atoms with E-state index in [4.69, 9.17) is 4.74 Å². The van der Waals surface area contributed by atoms with E-state index in [1.807, 2.05) is 11.6 Å². The second kappa shape index (κ2) is 5.72. The summed E-state index contributed by atoms with van der Waals surface area (Å²) < 4.78 is 7.09. The van der Waals surface area contributed by atoms with Crippen molar-refractivity contribution in [1.82, 2.24) is 9.78 Å². The molecule has 1 fully saturated rings. The van der Waals surface area contributed by atoms with E-state index in [1.165, 1.54) is 11.1 Å². The van der Waals surface area contributed by atoms with Crippen molar-refractivity contribution in [1.29, 1.82) is 0 Å². The quantitative estimate of drug-likeness (QED) is 0.791. The molecule has 1 aliphatic rings. The van der Waals surface area contributed by atoms with Gasteiger partial charge in [0.15, 0.2) is 0 Å². The lowest BCUT2D eigenvalue weighted by molar-refractivity contribution is 0.0525. The van der Waals surface area contributed by atoms with Gasteiger partial charge in [0.05, 0.1) is 25.0 Å². The van der Waals surface area contributed by atoms with Gasteiger partial charge in [-0.1, -0.05) is 29.8 Å². The number of benzene rings is 1. The number of rotatable bonds is 5. The average Bonchev–Trinajstić information content (AvgIpc) is 3.22. The van der Waals surface area contributed by atoms with E-state index in [1.54, 1.807) is 6.20 Å². The highest BCUT2D eigenvalue weighted by Gasteiger charge is 2.32. The third-order valence-electron chi connectivity index (χ3n) is 3.79. The number of nitrogens with zero attached hydrogens (tertiary/aromatic N) is 2. The lowest BCUT2D eigenvalue weighted by Crippen LogP contribution is -2.10. The van der Waals surface area contributed by atoms with Crippen LogP contribution in [-0.4, -0.2) is 22.4 Å². The van der Waals surface area contributed by atoms with Crippen molar-refractivity contribution in [3.8, 4) is 0 Å². The third-order valence-corrected chi connectivity index (χ3v) is 3.79. The van der Waals surface area contributed by atoms with Crippen LogP contribution in [0.2, 0.25) is 0 Å². The molecule has 2 aromatic rings. The summed E-state index contributed by atoms with van der Waals surface area (Å²) in [6, 6.07) is 8.42. The molecule has 1 heterocycles. The van der Waals surface area contributed by atoms with Gasteiger partial charge in [0.25, 0.3) is 0 Å². The van der Waals surface area contributed by atoms with E-state index in [-0.39, 0.29) is 5.97 Å². The number of aryl methyl sites for hydroxylation is 1. The summed E-state index contributed by atoms with van der Waals surface area (Å²) in [6.07, 6.45) is 3.91. The Morgan fingerprint density at radius 2 is 2.05 bits per heavy atom. The Morgan fingerprint density at radius 3 is 2.67 bits per heavy atom. The fraction of sp³-hybridized carbons (Fsp3) is 0.412. The second-order valence-electron chi connectivity index (χ2n) is 5.58. The minimum Gasteiger partial charge on any atom is -0.462 e. The van der Waals surface area contributed by atoms with E-state index in [2.05, 4.69) is 36.3 Å². The maximum Gasteiger partial charge on any atom is 0.341 e. The minimum atomic E-state index is -0.255. The zero-order chi connectivity index (χ0) is 14.8. The summed E-state index contributed by atoms with van der Waals surface area (Å²) in [4.78, 5) is 12.0. The molecule has 0 bridgehead atoms. The third kappa shape index (κ3) is 2.99. The van der Waals surface area contributed by atoms with E-state index < -0.39 is 0 Å². The normalized spacial score (nSPS) is 14.2. The van der Waals surface area contributed by atoms with Gasteiger partial charge in [0.1, 0.15) is 5.56 Å². The van der Waals surface area contributed by atoms with Crippen molar-refractivity contribution >= 4 is 5.97 Å². The largest absolute Gasteiger partial charge is 0.462 e. The van der Waals surface area contributed by atoms with Crippen molar-refractivity contribution in [2.24, 2.45) is 0 Å². The molecule has 1 aliphatic carbocycles. The van der Waals surface area contributed by atoms with E-state index >= 15 is 0 Å². The Morgan fingerprint density at radius 1 is 1.33 bits per heavy atom. The number of carbonyl (C=O) groups is 1. The molecule has 0 unspecified atom stereocenters. The van der Waals surface area contributed by atoms with Gasteiger partial charge >= 0.3 is 5.97 Å². The van der Waals surface area contributed by atoms with Crippen LogP contribution < -0.4 is 0 Å². The van der Waals surface area contributed by atoms with Gasteiger partial charge < -0.3 is 4.74 Å². The van der Waals surface area contributed by atoms with Crippen LogP contribution in [0.4, 0.5) is 0 Å². The molecule has 0 saturated heterocycles. The first kappa shape index (κ1) is 13.9. The second-order valence-corrected chi connectivity index (χ2v) is 5.58. The topological polar surface area (TPSA) is 44.1 Å². The lowest BCUT2D eigenvalue weighted by Gasteiger charge is -2.09. The summed E-state index contributed by atoms with van der Waals surface area (Å²) in [7, 11) is 0. The molecule has 1 aromatic heterocycles. The highest BCUT2D eigenvalue weighted by Crippen LogP contribution is 2.42. The van der Waals surface area contributed by atoms with Gasteiger partial charge in [-0.2, -0.15) is 5.10 Å². The molecule has 1 saturated carbocycles. The maximum absolute atomic E-state index is 12.0. The predicted molar refractivity (Wildman–Crippen MR) is 80.4 cm³/mol. The first-order chi connectivity index (χ1) is 10.2. The number of hydrogen-bond donors (Lipinski definition) is 0. The molecule has 0 amide bonds. The van der Waals surface area contributed by atoms with Gasteiger partial charge in [-0.25, -0.2) is 4.79 Å². The molecular formula is C17H20N2O2. The van der Waals surface area contributed by atoms with Crippen LogP contribution in [0.15, 0.2) is 30.5 Å². The summed E-state index contributed by atoms with van der Waals surface area (Å²) in [5.41, 5.74) is 4.11. The number of aromatic nitrogens is 2. The zero-order valence-corrected chi connectivity index (χ0v) is 12.5. The highest BCUT2D eigenvalue weighted by molar-refractivity contribution is 5.90. The van der Waals surface area contributed by atoms with Crippen LogP contribution in [0, 0.1) is 6.92 Å². The van der Waals surface area contributed by atoms with Crippen LogP contribution in [-0.2, 0) is 11.3 Å². The van der Waals surface area contributed by atoms with Crippen molar-refractivity contribution in [2.75, 3.05) is 6.61 Å². The fourth-order valence-electron chi connectivity index (χ4n) is 2.54. The molecule has 4 nitrogen and oxygen atoms in total. The Hall–Kier alpha value is -2.10. The van der Waals surface area contributed by atoms with Crippen LogP contribution in [0.1, 0.15) is 52.9 Å². The number of ether oxygens (including phenoxy) is 1. The summed E-state index contributed by atoms with van der Waals surface area (Å²) in [5.74, 6) is 0.201. The Kier molecular flexibility index (Phi) is 3.78. The van der Waals surface area contributed by atoms with Crippen LogP contribution in [0.5, 0.6) is 0 Å². The minimum absolute atomic E-state index is 0.255. The number of esters is 1. The maximum atomic E-state index is 12.0. The standard InChI is InChI=1S/C17H20N2O2/c1-3-21-17(20)15-10-18-19(16(15)14-8-9-14)11-13-6-4-12(2)5-7-13/h4-7,10,14H,3,8-9,11H2,1-2H3. The molecule has 0 atom stereocenters.